The van der Waals surface area contributed by atoms with Crippen LogP contribution < -0.4 is 0 Å². The minimum atomic E-state index is -0.116. The molecule has 1 nitrogen and oxygen atoms in total. The number of hydrogen-bond acceptors (Lipinski definition) is 0. The van der Waals surface area contributed by atoms with Crippen LogP contribution in [-0.2, 0) is 10.8 Å². The van der Waals surface area contributed by atoms with E-state index in [0.29, 0.717) is 5.92 Å². The van der Waals surface area contributed by atoms with Gasteiger partial charge in [-0.15, -0.1) is 0 Å². The Hall–Kier alpha value is -5.66. The van der Waals surface area contributed by atoms with Crippen molar-refractivity contribution in [2.24, 2.45) is 0 Å². The lowest BCUT2D eigenvalue weighted by molar-refractivity contribution is 0.593. The molecule has 0 fully saturated rings. The summed E-state index contributed by atoms with van der Waals surface area (Å²) in [6, 6.07) is 47.9. The van der Waals surface area contributed by atoms with Gasteiger partial charge in [-0.2, -0.15) is 0 Å². The van der Waals surface area contributed by atoms with E-state index in [0.717, 1.165) is 6.42 Å². The van der Waals surface area contributed by atoms with Crippen molar-refractivity contribution in [3.63, 3.8) is 0 Å². The summed E-state index contributed by atoms with van der Waals surface area (Å²) >= 11 is 0. The molecule has 244 valence electrons. The number of para-hydroxylation sites is 2. The second kappa shape index (κ2) is 9.98. The van der Waals surface area contributed by atoms with Gasteiger partial charge in [-0.1, -0.05) is 167 Å². The lowest BCUT2D eigenvalue weighted by Crippen LogP contribution is -2.33. The minimum Gasteiger partial charge on any atom is -0.308 e. The Bertz CT molecular complexity index is 2820. The predicted octanol–water partition coefficient (Wildman–Crippen LogP) is 13.2. The van der Waals surface area contributed by atoms with E-state index in [2.05, 4.69) is 178 Å². The molecule has 3 heterocycles. The normalized spacial score (nSPS) is 17.9. The molecule has 0 amide bonds. The molecule has 1 heteroatoms. The summed E-state index contributed by atoms with van der Waals surface area (Å²) in [6.45, 7) is 9.69. The average molecular weight is 654 g/mol. The van der Waals surface area contributed by atoms with Gasteiger partial charge < -0.3 is 4.57 Å². The molecule has 0 spiro atoms. The second-order valence-corrected chi connectivity index (χ2v) is 16.0. The van der Waals surface area contributed by atoms with Gasteiger partial charge in [-0.3, -0.25) is 0 Å². The summed E-state index contributed by atoms with van der Waals surface area (Å²) in [5.41, 5.74) is 16.4. The van der Waals surface area contributed by atoms with E-state index < -0.39 is 0 Å². The summed E-state index contributed by atoms with van der Waals surface area (Å²) in [4.78, 5) is 0. The zero-order valence-electron chi connectivity index (χ0n) is 29.6. The van der Waals surface area contributed by atoms with Gasteiger partial charge >= 0.3 is 0 Å². The first-order chi connectivity index (χ1) is 24.8. The maximum absolute atomic E-state index is 2.63. The summed E-state index contributed by atoms with van der Waals surface area (Å²) in [6.07, 6.45) is 8.36. The van der Waals surface area contributed by atoms with Crippen LogP contribution >= 0.6 is 0 Å². The van der Waals surface area contributed by atoms with Gasteiger partial charge in [0.15, 0.2) is 0 Å². The Morgan fingerprint density at radius 1 is 0.510 bits per heavy atom. The average Bonchev–Trinajstić information content (AvgIpc) is 3.50. The lowest BCUT2D eigenvalue weighted by Gasteiger charge is -2.42. The van der Waals surface area contributed by atoms with Crippen LogP contribution in [0.2, 0.25) is 0 Å². The van der Waals surface area contributed by atoms with Crippen LogP contribution in [0, 0.1) is 0 Å². The van der Waals surface area contributed by atoms with Crippen LogP contribution in [0.25, 0.3) is 65.7 Å². The Morgan fingerprint density at radius 3 is 1.71 bits per heavy atom. The summed E-state index contributed by atoms with van der Waals surface area (Å²) < 4.78 is 2.63. The fourth-order valence-electron chi connectivity index (χ4n) is 10.1. The second-order valence-electron chi connectivity index (χ2n) is 16.0. The highest BCUT2D eigenvalue weighted by molar-refractivity contribution is 6.19. The molecule has 2 aliphatic heterocycles. The molecule has 1 atom stereocenters. The molecule has 3 aliphatic rings. The quantitative estimate of drug-likeness (QED) is 0.167. The van der Waals surface area contributed by atoms with Gasteiger partial charge in [0.05, 0.1) is 16.7 Å². The summed E-state index contributed by atoms with van der Waals surface area (Å²) in [5.74, 6) is 0.308. The minimum absolute atomic E-state index is 0.0629. The standard InChI is InChI=1S/C50H39N/c1-49(2)40-21-12-20-38-39-28-33(29-43-47(39)51(46(38)40)48-41(49)22-13-23-42(48)50(43,3)4)30-24-26-32(27-25-30)45-36-18-10-8-16-34(36)44(31-14-6-5-7-15-31)35-17-9-11-19-37(35)45/h5-24,26-30H,25H2,1-4H3. The molecule has 51 heavy (non-hydrogen) atoms. The molecule has 1 unspecified atom stereocenters. The molecule has 1 aromatic heterocycles. The molecule has 8 aromatic rings. The van der Waals surface area contributed by atoms with Crippen molar-refractivity contribution in [2.75, 3.05) is 0 Å². The first kappa shape index (κ1) is 29.1. The van der Waals surface area contributed by atoms with Crippen LogP contribution in [0.15, 0.2) is 146 Å². The number of nitrogens with zero attached hydrogens (tertiary/aromatic N) is 1. The van der Waals surface area contributed by atoms with E-state index in [1.54, 1.807) is 0 Å². The van der Waals surface area contributed by atoms with Crippen LogP contribution in [0.4, 0.5) is 0 Å². The van der Waals surface area contributed by atoms with Crippen molar-refractivity contribution in [1.82, 2.24) is 4.57 Å². The van der Waals surface area contributed by atoms with Crippen molar-refractivity contribution >= 4 is 48.9 Å². The van der Waals surface area contributed by atoms with Gasteiger partial charge in [0.2, 0.25) is 0 Å². The first-order valence-corrected chi connectivity index (χ1v) is 18.5. The Labute approximate surface area is 299 Å². The van der Waals surface area contributed by atoms with Crippen molar-refractivity contribution in [1.29, 1.82) is 0 Å². The van der Waals surface area contributed by atoms with E-state index in [-0.39, 0.29) is 10.8 Å². The van der Waals surface area contributed by atoms with E-state index in [1.165, 1.54) is 99.1 Å². The molecule has 0 N–H and O–H groups in total. The molecule has 11 rings (SSSR count). The van der Waals surface area contributed by atoms with E-state index in [4.69, 9.17) is 0 Å². The smallest absolute Gasteiger partial charge is 0.0582 e. The zero-order chi connectivity index (χ0) is 34.2. The Kier molecular flexibility index (Phi) is 5.70. The SMILES string of the molecule is CC1(C)c2cccc3c2-n2c4c1cccc4c1cc(C4C=CC(c5c6ccccc6c(-c6ccccc6)c6ccccc56)=CC4)cc(c12)C3(C)C. The van der Waals surface area contributed by atoms with Crippen molar-refractivity contribution in [3.8, 4) is 16.8 Å². The third-order valence-corrected chi connectivity index (χ3v) is 12.7. The number of hydrogen-bond donors (Lipinski definition) is 0. The predicted molar refractivity (Wildman–Crippen MR) is 216 cm³/mol. The van der Waals surface area contributed by atoms with Crippen molar-refractivity contribution < 1.29 is 0 Å². The first-order valence-electron chi connectivity index (χ1n) is 18.5. The number of benzene rings is 7. The van der Waals surface area contributed by atoms with Crippen LogP contribution in [0.3, 0.4) is 0 Å². The van der Waals surface area contributed by atoms with Gasteiger partial charge in [-0.05, 0) is 84.1 Å². The number of rotatable bonds is 3. The molecule has 0 bridgehead atoms. The molecule has 7 aromatic carbocycles. The van der Waals surface area contributed by atoms with Crippen LogP contribution in [0.5, 0.6) is 0 Å². The van der Waals surface area contributed by atoms with Crippen LogP contribution in [0.1, 0.15) is 73.4 Å². The number of allylic oxidation sites excluding steroid dienone is 4. The van der Waals surface area contributed by atoms with Crippen molar-refractivity contribution in [2.45, 2.75) is 50.9 Å². The van der Waals surface area contributed by atoms with E-state index in [1.807, 2.05) is 0 Å². The summed E-state index contributed by atoms with van der Waals surface area (Å²) in [5, 5.41) is 8.01. The molecule has 0 saturated heterocycles. The summed E-state index contributed by atoms with van der Waals surface area (Å²) in [7, 11) is 0. The van der Waals surface area contributed by atoms with Gasteiger partial charge in [0.25, 0.3) is 0 Å². The van der Waals surface area contributed by atoms with Gasteiger partial charge in [0, 0.05) is 27.5 Å². The van der Waals surface area contributed by atoms with Gasteiger partial charge in [0.1, 0.15) is 0 Å². The maximum atomic E-state index is 2.63. The molecular formula is C50H39N. The largest absolute Gasteiger partial charge is 0.308 e. The third kappa shape index (κ3) is 3.71. The molecular weight excluding hydrogens is 615 g/mol. The highest BCUT2D eigenvalue weighted by Gasteiger charge is 2.43. The fourth-order valence-corrected chi connectivity index (χ4v) is 10.1. The van der Waals surface area contributed by atoms with Crippen LogP contribution in [-0.4, -0.2) is 4.57 Å². The number of fused-ring (bicyclic) bond motifs is 3. The molecule has 1 aliphatic carbocycles. The van der Waals surface area contributed by atoms with Crippen molar-refractivity contribution in [3.05, 3.63) is 179 Å². The van der Waals surface area contributed by atoms with Gasteiger partial charge in [-0.25, -0.2) is 0 Å². The Morgan fingerprint density at radius 2 is 1.06 bits per heavy atom. The topological polar surface area (TPSA) is 4.93 Å². The zero-order valence-corrected chi connectivity index (χ0v) is 29.6. The highest BCUT2D eigenvalue weighted by atomic mass is 15.0. The highest BCUT2D eigenvalue weighted by Crippen LogP contribution is 2.56. The monoisotopic (exact) mass is 653 g/mol. The molecule has 0 saturated carbocycles. The third-order valence-electron chi connectivity index (χ3n) is 12.7. The lowest BCUT2D eigenvalue weighted by atomic mass is 9.68. The number of aromatic nitrogens is 1. The fraction of sp³-hybridized carbons (Fsp3) is 0.160. The Balaban J connectivity index is 1.09. The maximum Gasteiger partial charge on any atom is 0.0582 e. The molecule has 0 radical (unpaired) electrons. The van der Waals surface area contributed by atoms with E-state index in [9.17, 15) is 0 Å². The van der Waals surface area contributed by atoms with E-state index >= 15 is 0 Å².